The molecule has 0 aromatic heterocycles. The highest BCUT2D eigenvalue weighted by Gasteiger charge is 2.22. The van der Waals surface area contributed by atoms with Crippen LogP contribution in [0.4, 0.5) is 5.69 Å². The Labute approximate surface area is 190 Å². The molecule has 32 heavy (non-hydrogen) atoms. The number of hydrogen-bond donors (Lipinski definition) is 1. The molecule has 0 radical (unpaired) electrons. The molecule has 174 valence electrons. The molecule has 0 aliphatic carbocycles. The zero-order valence-electron chi connectivity index (χ0n) is 19.7. The molecule has 1 fully saturated rings. The summed E-state index contributed by atoms with van der Waals surface area (Å²) in [6.45, 7) is 4.28. The molecule has 0 spiro atoms. The number of ether oxygens (including phenoxy) is 4. The quantitative estimate of drug-likeness (QED) is 0.498. The van der Waals surface area contributed by atoms with Crippen LogP contribution in [0.15, 0.2) is 41.4 Å². The number of benzene rings is 2. The van der Waals surface area contributed by atoms with E-state index in [4.69, 9.17) is 18.9 Å². The molecule has 1 aliphatic rings. The van der Waals surface area contributed by atoms with Gasteiger partial charge in [-0.2, -0.15) is 0 Å². The Morgan fingerprint density at radius 1 is 0.875 bits per heavy atom. The summed E-state index contributed by atoms with van der Waals surface area (Å²) in [4.78, 5) is 9.14. The van der Waals surface area contributed by atoms with Crippen molar-refractivity contribution in [2.24, 2.45) is 4.99 Å². The molecule has 0 saturated carbocycles. The maximum atomic E-state index is 5.56. The van der Waals surface area contributed by atoms with Crippen molar-refractivity contribution in [1.82, 2.24) is 10.2 Å². The van der Waals surface area contributed by atoms with Crippen LogP contribution in [0.2, 0.25) is 0 Å². The van der Waals surface area contributed by atoms with E-state index in [9.17, 15) is 0 Å². The van der Waals surface area contributed by atoms with E-state index < -0.39 is 0 Å². The van der Waals surface area contributed by atoms with Crippen LogP contribution >= 0.6 is 0 Å². The Hall–Kier alpha value is -3.29. The van der Waals surface area contributed by atoms with Gasteiger partial charge in [-0.25, -0.2) is 0 Å². The van der Waals surface area contributed by atoms with Crippen LogP contribution in [0.5, 0.6) is 23.0 Å². The first kappa shape index (κ1) is 23.4. The highest BCUT2D eigenvalue weighted by Crippen LogP contribution is 2.34. The number of piperazine rings is 1. The summed E-state index contributed by atoms with van der Waals surface area (Å²) in [5, 5.41) is 3.49. The Morgan fingerprint density at radius 2 is 1.50 bits per heavy atom. The predicted molar refractivity (Wildman–Crippen MR) is 128 cm³/mol. The Morgan fingerprint density at radius 3 is 2.06 bits per heavy atom. The summed E-state index contributed by atoms with van der Waals surface area (Å²) >= 11 is 0. The SMILES string of the molecule is CN=C(NCCc1c(OC)cc(OC)cc1OC)N1CCN(c2ccccc2OC)CC1. The summed E-state index contributed by atoms with van der Waals surface area (Å²) in [7, 11) is 8.49. The molecule has 0 unspecified atom stereocenters. The zero-order chi connectivity index (χ0) is 22.9. The second kappa shape index (κ2) is 11.4. The fourth-order valence-electron chi connectivity index (χ4n) is 4.01. The molecule has 1 heterocycles. The number of methoxy groups -OCH3 is 4. The highest BCUT2D eigenvalue weighted by atomic mass is 16.5. The first-order valence-electron chi connectivity index (χ1n) is 10.8. The molecule has 0 amide bonds. The third-order valence-electron chi connectivity index (χ3n) is 5.69. The lowest BCUT2D eigenvalue weighted by atomic mass is 10.1. The van der Waals surface area contributed by atoms with E-state index in [-0.39, 0.29) is 0 Å². The number of guanidine groups is 1. The van der Waals surface area contributed by atoms with Crippen LogP contribution in [0.25, 0.3) is 0 Å². The van der Waals surface area contributed by atoms with Crippen molar-refractivity contribution in [3.05, 3.63) is 42.0 Å². The molecule has 3 rings (SSSR count). The van der Waals surface area contributed by atoms with Gasteiger partial charge in [0.15, 0.2) is 5.96 Å². The monoisotopic (exact) mass is 442 g/mol. The average molecular weight is 443 g/mol. The van der Waals surface area contributed by atoms with Crippen molar-refractivity contribution < 1.29 is 18.9 Å². The molecule has 8 heteroatoms. The molecular formula is C24H34N4O4. The van der Waals surface area contributed by atoms with E-state index in [0.29, 0.717) is 12.3 Å². The van der Waals surface area contributed by atoms with Crippen LogP contribution in [0.3, 0.4) is 0 Å². The average Bonchev–Trinajstić information content (AvgIpc) is 2.86. The topological polar surface area (TPSA) is 67.8 Å². The van der Waals surface area contributed by atoms with Crippen LogP contribution < -0.4 is 29.2 Å². The van der Waals surface area contributed by atoms with Crippen LogP contribution in [-0.2, 0) is 6.42 Å². The van der Waals surface area contributed by atoms with Crippen LogP contribution in [0, 0.1) is 0 Å². The van der Waals surface area contributed by atoms with Gasteiger partial charge in [-0.1, -0.05) is 12.1 Å². The molecular weight excluding hydrogens is 408 g/mol. The zero-order valence-corrected chi connectivity index (χ0v) is 19.7. The van der Waals surface area contributed by atoms with Gasteiger partial charge in [0.1, 0.15) is 23.0 Å². The third-order valence-corrected chi connectivity index (χ3v) is 5.69. The normalized spacial score (nSPS) is 14.2. The van der Waals surface area contributed by atoms with Gasteiger partial charge < -0.3 is 34.1 Å². The molecule has 8 nitrogen and oxygen atoms in total. The first-order valence-corrected chi connectivity index (χ1v) is 10.8. The van der Waals surface area contributed by atoms with Crippen molar-refractivity contribution in [1.29, 1.82) is 0 Å². The fraction of sp³-hybridized carbons (Fsp3) is 0.458. The second-order valence-corrected chi connectivity index (χ2v) is 7.38. The number of para-hydroxylation sites is 2. The summed E-state index contributed by atoms with van der Waals surface area (Å²) in [5.41, 5.74) is 2.14. The summed E-state index contributed by atoms with van der Waals surface area (Å²) < 4.78 is 22.0. The minimum atomic E-state index is 0.707. The molecule has 1 aliphatic heterocycles. The van der Waals surface area contributed by atoms with Gasteiger partial charge in [-0.15, -0.1) is 0 Å². The highest BCUT2D eigenvalue weighted by molar-refractivity contribution is 5.80. The number of hydrogen-bond acceptors (Lipinski definition) is 6. The minimum absolute atomic E-state index is 0.707. The molecule has 0 bridgehead atoms. The van der Waals surface area contributed by atoms with E-state index >= 15 is 0 Å². The maximum absolute atomic E-state index is 5.56. The van der Waals surface area contributed by atoms with E-state index in [1.165, 1.54) is 0 Å². The Balaban J connectivity index is 1.58. The summed E-state index contributed by atoms with van der Waals surface area (Å²) in [6.07, 6.45) is 0.733. The number of nitrogens with zero attached hydrogens (tertiary/aromatic N) is 3. The number of nitrogens with one attached hydrogen (secondary N) is 1. The third kappa shape index (κ3) is 5.30. The maximum Gasteiger partial charge on any atom is 0.193 e. The standard InChI is InChI=1S/C24H34N4O4/c1-25-24(26-11-10-19-22(31-4)16-18(29-2)17-23(19)32-5)28-14-12-27(13-15-28)20-8-6-7-9-21(20)30-3/h6-9,16-17H,10-15H2,1-5H3,(H,25,26). The number of rotatable bonds is 8. The largest absolute Gasteiger partial charge is 0.496 e. The Kier molecular flexibility index (Phi) is 8.30. The van der Waals surface area contributed by atoms with E-state index in [1.54, 1.807) is 28.4 Å². The van der Waals surface area contributed by atoms with E-state index in [2.05, 4.69) is 26.2 Å². The molecule has 2 aromatic rings. The molecule has 2 aromatic carbocycles. The van der Waals surface area contributed by atoms with Gasteiger partial charge in [0, 0.05) is 57.5 Å². The predicted octanol–water partition coefficient (Wildman–Crippen LogP) is 2.66. The van der Waals surface area contributed by atoms with Crippen molar-refractivity contribution >= 4 is 11.6 Å². The van der Waals surface area contributed by atoms with Gasteiger partial charge in [-0.3, -0.25) is 4.99 Å². The lowest BCUT2D eigenvalue weighted by molar-refractivity contribution is 0.363. The van der Waals surface area contributed by atoms with Crippen molar-refractivity contribution in [3.63, 3.8) is 0 Å². The van der Waals surface area contributed by atoms with Gasteiger partial charge in [-0.05, 0) is 18.6 Å². The lowest BCUT2D eigenvalue weighted by Crippen LogP contribution is -2.52. The first-order chi connectivity index (χ1) is 15.6. The molecule has 1 saturated heterocycles. The van der Waals surface area contributed by atoms with Gasteiger partial charge in [0.25, 0.3) is 0 Å². The van der Waals surface area contributed by atoms with Crippen LogP contribution in [0.1, 0.15) is 5.56 Å². The van der Waals surface area contributed by atoms with Crippen molar-refractivity contribution in [2.45, 2.75) is 6.42 Å². The van der Waals surface area contributed by atoms with Crippen molar-refractivity contribution in [2.75, 3.05) is 73.1 Å². The van der Waals surface area contributed by atoms with Gasteiger partial charge in [0.2, 0.25) is 0 Å². The second-order valence-electron chi connectivity index (χ2n) is 7.38. The molecule has 1 N–H and O–H groups in total. The van der Waals surface area contributed by atoms with Gasteiger partial charge in [0.05, 0.1) is 34.1 Å². The number of aliphatic imine (C=N–C) groups is 1. The minimum Gasteiger partial charge on any atom is -0.496 e. The van der Waals surface area contributed by atoms with Crippen LogP contribution in [-0.4, -0.2) is 79.1 Å². The Bertz CT molecular complexity index is 886. The summed E-state index contributed by atoms with van der Waals surface area (Å²) in [6, 6.07) is 11.9. The number of anilines is 1. The van der Waals surface area contributed by atoms with Crippen molar-refractivity contribution in [3.8, 4) is 23.0 Å². The lowest BCUT2D eigenvalue weighted by Gasteiger charge is -2.38. The van der Waals surface area contributed by atoms with E-state index in [0.717, 1.165) is 67.1 Å². The summed E-state index contributed by atoms with van der Waals surface area (Å²) in [5.74, 6) is 4.02. The molecule has 0 atom stereocenters. The van der Waals surface area contributed by atoms with Gasteiger partial charge >= 0.3 is 0 Å². The fourth-order valence-corrected chi connectivity index (χ4v) is 4.01. The van der Waals surface area contributed by atoms with E-state index in [1.807, 2.05) is 37.4 Å². The smallest absolute Gasteiger partial charge is 0.193 e.